The number of aromatic hydroxyl groups is 1. The molecule has 0 fully saturated rings. The third kappa shape index (κ3) is 3.41. The number of phenolic OH excluding ortho intramolecular Hbond substituents is 1. The van der Waals surface area contributed by atoms with Crippen LogP contribution in [0, 0.1) is 0 Å². The van der Waals surface area contributed by atoms with Crippen LogP contribution in [0.25, 0.3) is 10.8 Å². The van der Waals surface area contributed by atoms with Crippen LogP contribution in [0.1, 0.15) is 18.5 Å². The Bertz CT molecular complexity index is 964. The van der Waals surface area contributed by atoms with Gasteiger partial charge in [-0.15, -0.1) is 0 Å². The van der Waals surface area contributed by atoms with Gasteiger partial charge in [0.15, 0.2) is 5.82 Å². The third-order valence-electron chi connectivity index (χ3n) is 4.59. The summed E-state index contributed by atoms with van der Waals surface area (Å²) in [5, 5.41) is 18.9. The lowest BCUT2D eigenvalue weighted by Gasteiger charge is -2.31. The predicted octanol–water partition coefficient (Wildman–Crippen LogP) is 2.74. The molecule has 2 N–H and O–H groups in total. The van der Waals surface area contributed by atoms with Crippen molar-refractivity contribution in [2.24, 2.45) is 7.05 Å². The number of fused-ring (bicyclic) bond motifs is 1. The van der Waals surface area contributed by atoms with Crippen LogP contribution >= 0.6 is 0 Å². The first-order chi connectivity index (χ1) is 12.4. The van der Waals surface area contributed by atoms with E-state index < -0.39 is 0 Å². The Labute approximate surface area is 152 Å². The SMILES string of the molecule is C[C@H](Nc1nn(C)c(=O)c2ccccc12)[C@H](c1ccc(O)cc1)N(C)C. The minimum atomic E-state index is -0.110. The van der Waals surface area contributed by atoms with E-state index in [1.165, 1.54) is 4.68 Å². The molecule has 6 heteroatoms. The Kier molecular flexibility index (Phi) is 4.95. The van der Waals surface area contributed by atoms with Gasteiger partial charge in [0.25, 0.3) is 5.56 Å². The maximum atomic E-state index is 12.3. The Balaban J connectivity index is 1.99. The van der Waals surface area contributed by atoms with Crippen molar-refractivity contribution in [2.45, 2.75) is 19.0 Å². The van der Waals surface area contributed by atoms with Crippen molar-refractivity contribution in [1.82, 2.24) is 14.7 Å². The van der Waals surface area contributed by atoms with E-state index in [1.54, 1.807) is 19.2 Å². The summed E-state index contributed by atoms with van der Waals surface area (Å²) in [5.74, 6) is 0.929. The number of likely N-dealkylation sites (N-methyl/N-ethyl adjacent to an activating group) is 1. The second-order valence-electron chi connectivity index (χ2n) is 6.76. The number of aromatic nitrogens is 2. The second kappa shape index (κ2) is 7.17. The Morgan fingerprint density at radius 2 is 1.69 bits per heavy atom. The zero-order chi connectivity index (χ0) is 18.8. The molecule has 0 amide bonds. The van der Waals surface area contributed by atoms with Crippen LogP contribution in [-0.4, -0.2) is 39.9 Å². The van der Waals surface area contributed by atoms with Gasteiger partial charge in [-0.05, 0) is 44.8 Å². The zero-order valence-corrected chi connectivity index (χ0v) is 15.5. The van der Waals surface area contributed by atoms with E-state index in [0.717, 1.165) is 10.9 Å². The van der Waals surface area contributed by atoms with E-state index in [1.807, 2.05) is 50.5 Å². The van der Waals surface area contributed by atoms with Crippen LogP contribution in [-0.2, 0) is 7.05 Å². The van der Waals surface area contributed by atoms with Crippen LogP contribution in [0.15, 0.2) is 53.3 Å². The van der Waals surface area contributed by atoms with Crippen molar-refractivity contribution in [3.63, 3.8) is 0 Å². The van der Waals surface area contributed by atoms with Crippen molar-refractivity contribution >= 4 is 16.6 Å². The molecular formula is C20H24N4O2. The highest BCUT2D eigenvalue weighted by Gasteiger charge is 2.23. The summed E-state index contributed by atoms with van der Waals surface area (Å²) in [4.78, 5) is 14.4. The highest BCUT2D eigenvalue weighted by atomic mass is 16.3. The molecule has 0 radical (unpaired) electrons. The molecule has 0 bridgehead atoms. The van der Waals surface area contributed by atoms with Crippen molar-refractivity contribution in [3.05, 3.63) is 64.4 Å². The summed E-state index contributed by atoms with van der Waals surface area (Å²) >= 11 is 0. The van der Waals surface area contributed by atoms with E-state index >= 15 is 0 Å². The largest absolute Gasteiger partial charge is 0.508 e. The lowest BCUT2D eigenvalue weighted by molar-refractivity contribution is 0.275. The van der Waals surface area contributed by atoms with Crippen LogP contribution in [0.2, 0.25) is 0 Å². The molecule has 6 nitrogen and oxygen atoms in total. The van der Waals surface area contributed by atoms with Crippen LogP contribution < -0.4 is 10.9 Å². The average molecular weight is 352 g/mol. The number of rotatable bonds is 5. The number of hydrogen-bond donors (Lipinski definition) is 2. The number of nitrogens with one attached hydrogen (secondary N) is 1. The number of benzene rings is 2. The first-order valence-electron chi connectivity index (χ1n) is 8.56. The minimum absolute atomic E-state index is 0.0166. The van der Waals surface area contributed by atoms with Gasteiger partial charge in [-0.1, -0.05) is 30.3 Å². The summed E-state index contributed by atoms with van der Waals surface area (Å²) < 4.78 is 1.36. The van der Waals surface area contributed by atoms with Crippen LogP contribution in [0.3, 0.4) is 0 Å². The number of anilines is 1. The molecule has 0 unspecified atom stereocenters. The highest BCUT2D eigenvalue weighted by molar-refractivity contribution is 5.90. The number of hydrogen-bond acceptors (Lipinski definition) is 5. The predicted molar refractivity (Wildman–Crippen MR) is 105 cm³/mol. The first-order valence-corrected chi connectivity index (χ1v) is 8.56. The van der Waals surface area contributed by atoms with Gasteiger partial charge < -0.3 is 15.3 Å². The topological polar surface area (TPSA) is 70.4 Å². The average Bonchev–Trinajstić information content (AvgIpc) is 2.61. The Morgan fingerprint density at radius 1 is 1.08 bits per heavy atom. The fourth-order valence-electron chi connectivity index (χ4n) is 3.41. The Hall–Kier alpha value is -2.86. The molecule has 0 aliphatic carbocycles. The van der Waals surface area contributed by atoms with Gasteiger partial charge >= 0.3 is 0 Å². The number of aryl methyl sites for hydroxylation is 1. The fraction of sp³-hybridized carbons (Fsp3) is 0.300. The lowest BCUT2D eigenvalue weighted by atomic mass is 9.99. The van der Waals surface area contributed by atoms with Crippen LogP contribution in [0.5, 0.6) is 5.75 Å². The summed E-state index contributed by atoms with van der Waals surface area (Å²) in [6.45, 7) is 2.08. The number of nitrogens with zero attached hydrogens (tertiary/aromatic N) is 3. The second-order valence-corrected chi connectivity index (χ2v) is 6.76. The van der Waals surface area contributed by atoms with Crippen LogP contribution in [0.4, 0.5) is 5.82 Å². The molecule has 2 aromatic carbocycles. The normalized spacial score (nSPS) is 13.7. The van der Waals surface area contributed by atoms with Gasteiger partial charge in [0.05, 0.1) is 11.4 Å². The van der Waals surface area contributed by atoms with E-state index in [2.05, 4.69) is 22.2 Å². The van der Waals surface area contributed by atoms with Gasteiger partial charge in [0, 0.05) is 18.5 Å². The summed E-state index contributed by atoms with van der Waals surface area (Å²) in [5.41, 5.74) is 0.975. The molecule has 0 aliphatic rings. The van der Waals surface area contributed by atoms with E-state index in [-0.39, 0.29) is 23.4 Å². The number of phenols is 1. The first kappa shape index (κ1) is 17.9. The minimum Gasteiger partial charge on any atom is -0.508 e. The summed E-state index contributed by atoms with van der Waals surface area (Å²) in [6, 6.07) is 14.8. The Morgan fingerprint density at radius 3 is 2.31 bits per heavy atom. The molecule has 136 valence electrons. The summed E-state index contributed by atoms with van der Waals surface area (Å²) in [7, 11) is 5.69. The lowest BCUT2D eigenvalue weighted by Crippen LogP contribution is -2.35. The molecule has 1 aromatic heterocycles. The fourth-order valence-corrected chi connectivity index (χ4v) is 3.41. The molecule has 3 aromatic rings. The van der Waals surface area contributed by atoms with Crippen molar-refractivity contribution < 1.29 is 5.11 Å². The maximum Gasteiger partial charge on any atom is 0.274 e. The monoisotopic (exact) mass is 352 g/mol. The van der Waals surface area contributed by atoms with E-state index in [0.29, 0.717) is 11.2 Å². The van der Waals surface area contributed by atoms with Gasteiger partial charge in [-0.3, -0.25) is 4.79 Å². The van der Waals surface area contributed by atoms with E-state index in [9.17, 15) is 9.90 Å². The molecule has 1 heterocycles. The standard InChI is InChI=1S/C20H24N4O2/c1-13(18(23(2)3)14-9-11-15(25)12-10-14)21-19-16-7-5-6-8-17(16)20(26)24(4)22-19/h5-13,18,25H,1-4H3,(H,21,22)/t13-,18+/m0/s1. The van der Waals surface area contributed by atoms with Gasteiger partial charge in [0.1, 0.15) is 5.75 Å². The third-order valence-corrected chi connectivity index (χ3v) is 4.59. The molecule has 0 spiro atoms. The zero-order valence-electron chi connectivity index (χ0n) is 15.5. The quantitative estimate of drug-likeness (QED) is 0.739. The van der Waals surface area contributed by atoms with E-state index in [4.69, 9.17) is 0 Å². The van der Waals surface area contributed by atoms with Crippen molar-refractivity contribution in [1.29, 1.82) is 0 Å². The van der Waals surface area contributed by atoms with Crippen molar-refractivity contribution in [2.75, 3.05) is 19.4 Å². The summed E-state index contributed by atoms with van der Waals surface area (Å²) in [6.07, 6.45) is 0. The molecule has 0 saturated carbocycles. The van der Waals surface area contributed by atoms with Gasteiger partial charge in [-0.25, -0.2) is 4.68 Å². The molecule has 0 saturated heterocycles. The molecular weight excluding hydrogens is 328 g/mol. The maximum absolute atomic E-state index is 12.3. The molecule has 2 atom stereocenters. The smallest absolute Gasteiger partial charge is 0.274 e. The van der Waals surface area contributed by atoms with Gasteiger partial charge in [-0.2, -0.15) is 5.10 Å². The molecule has 0 aliphatic heterocycles. The van der Waals surface area contributed by atoms with Crippen molar-refractivity contribution in [3.8, 4) is 5.75 Å². The molecule has 26 heavy (non-hydrogen) atoms. The van der Waals surface area contributed by atoms with Gasteiger partial charge in [0.2, 0.25) is 0 Å². The highest BCUT2D eigenvalue weighted by Crippen LogP contribution is 2.27. The molecule has 3 rings (SSSR count).